The van der Waals surface area contributed by atoms with Gasteiger partial charge in [-0.15, -0.1) is 0 Å². The molecule has 0 aliphatic heterocycles. The molecule has 4 nitrogen and oxygen atoms in total. The van der Waals surface area contributed by atoms with E-state index in [-0.39, 0.29) is 16.7 Å². The molecule has 2 rings (SSSR count). The van der Waals surface area contributed by atoms with Crippen LogP contribution in [-0.4, -0.2) is 26.7 Å². The second-order valence-electron chi connectivity index (χ2n) is 5.19. The van der Waals surface area contributed by atoms with E-state index in [9.17, 15) is 13.2 Å². The largest absolute Gasteiger partial charge is 0.469 e. The highest BCUT2D eigenvalue weighted by atomic mass is 32.2. The number of sulfone groups is 1. The van der Waals surface area contributed by atoms with Crippen molar-refractivity contribution in [3.05, 3.63) is 30.3 Å². The predicted molar refractivity (Wildman–Crippen MR) is 71.2 cm³/mol. The summed E-state index contributed by atoms with van der Waals surface area (Å²) in [5, 5.41) is -0.651. The maximum atomic E-state index is 12.5. The second kappa shape index (κ2) is 4.96. The van der Waals surface area contributed by atoms with Gasteiger partial charge in [-0.3, -0.25) is 4.79 Å². The number of carbonyl (C=O) groups excluding carboxylic acids is 1. The standard InChI is InChI=1S/C14H18O4S/c1-9(2)11-12(14(15)18-3)13(11)19(16,17)10-7-5-4-6-8-10/h4-9,11-13H,1-3H3/t11-,12-,13-/m1/s1. The first kappa shape index (κ1) is 14.1. The first-order chi connectivity index (χ1) is 8.91. The molecule has 5 heteroatoms. The lowest BCUT2D eigenvalue weighted by Crippen LogP contribution is -2.14. The molecule has 0 saturated heterocycles. The molecule has 104 valence electrons. The molecule has 0 amide bonds. The maximum absolute atomic E-state index is 12.5. The summed E-state index contributed by atoms with van der Waals surface area (Å²) in [4.78, 5) is 12.0. The van der Waals surface area contributed by atoms with E-state index in [4.69, 9.17) is 4.74 Å². The van der Waals surface area contributed by atoms with Crippen LogP contribution in [-0.2, 0) is 19.4 Å². The first-order valence-corrected chi connectivity index (χ1v) is 7.82. The fourth-order valence-electron chi connectivity index (χ4n) is 2.69. The zero-order valence-electron chi connectivity index (χ0n) is 11.2. The van der Waals surface area contributed by atoms with Crippen molar-refractivity contribution in [3.8, 4) is 0 Å². The van der Waals surface area contributed by atoms with Crippen molar-refractivity contribution >= 4 is 15.8 Å². The Hall–Kier alpha value is -1.36. The van der Waals surface area contributed by atoms with Crippen LogP contribution in [0.5, 0.6) is 0 Å². The molecule has 1 aliphatic carbocycles. The van der Waals surface area contributed by atoms with Crippen LogP contribution >= 0.6 is 0 Å². The summed E-state index contributed by atoms with van der Waals surface area (Å²) in [5.41, 5.74) is 0. The Kier molecular flexibility index (Phi) is 3.67. The number of methoxy groups -OCH3 is 1. The van der Waals surface area contributed by atoms with Crippen LogP contribution in [0.4, 0.5) is 0 Å². The SMILES string of the molecule is COC(=O)[C@@H]1[C@@H](C(C)C)[C@H]1S(=O)(=O)c1ccccc1. The van der Waals surface area contributed by atoms with Crippen molar-refractivity contribution in [2.75, 3.05) is 7.11 Å². The van der Waals surface area contributed by atoms with Crippen molar-refractivity contribution < 1.29 is 17.9 Å². The first-order valence-electron chi connectivity index (χ1n) is 6.28. The molecule has 0 radical (unpaired) electrons. The smallest absolute Gasteiger partial charge is 0.310 e. The molecule has 3 atom stereocenters. The molecule has 1 aromatic carbocycles. The Morgan fingerprint density at radius 3 is 2.26 bits per heavy atom. The molecule has 0 bridgehead atoms. The highest BCUT2D eigenvalue weighted by Gasteiger charge is 2.63. The minimum Gasteiger partial charge on any atom is -0.469 e. The van der Waals surface area contributed by atoms with E-state index in [1.54, 1.807) is 30.3 Å². The number of hydrogen-bond acceptors (Lipinski definition) is 4. The minimum atomic E-state index is -3.47. The second-order valence-corrected chi connectivity index (χ2v) is 7.30. The summed E-state index contributed by atoms with van der Waals surface area (Å²) >= 11 is 0. The average molecular weight is 282 g/mol. The van der Waals surface area contributed by atoms with E-state index in [1.807, 2.05) is 13.8 Å². The van der Waals surface area contributed by atoms with Gasteiger partial charge in [-0.2, -0.15) is 0 Å². The zero-order valence-corrected chi connectivity index (χ0v) is 12.1. The summed E-state index contributed by atoms with van der Waals surface area (Å²) in [6, 6.07) is 8.28. The molecule has 1 aliphatic rings. The molecular formula is C14H18O4S. The van der Waals surface area contributed by atoms with Gasteiger partial charge in [0.2, 0.25) is 0 Å². The fourth-order valence-corrected chi connectivity index (χ4v) is 5.03. The molecule has 0 heterocycles. The Morgan fingerprint density at radius 2 is 1.79 bits per heavy atom. The molecular weight excluding hydrogens is 264 g/mol. The molecule has 1 aromatic rings. The van der Waals surface area contributed by atoms with Crippen LogP contribution in [0.1, 0.15) is 13.8 Å². The topological polar surface area (TPSA) is 60.4 Å². The Bertz CT molecular complexity index is 562. The normalized spacial score (nSPS) is 26.2. The average Bonchev–Trinajstić information content (AvgIpc) is 3.15. The van der Waals surface area contributed by atoms with Gasteiger partial charge in [0.15, 0.2) is 9.84 Å². The van der Waals surface area contributed by atoms with Crippen molar-refractivity contribution in [3.63, 3.8) is 0 Å². The molecule has 19 heavy (non-hydrogen) atoms. The van der Waals surface area contributed by atoms with Gasteiger partial charge in [-0.05, 0) is 24.0 Å². The quantitative estimate of drug-likeness (QED) is 0.791. The molecule has 1 saturated carbocycles. The maximum Gasteiger partial charge on any atom is 0.310 e. The van der Waals surface area contributed by atoms with Gasteiger partial charge in [0.25, 0.3) is 0 Å². The van der Waals surface area contributed by atoms with Crippen molar-refractivity contribution in [2.45, 2.75) is 24.0 Å². The van der Waals surface area contributed by atoms with Crippen LogP contribution < -0.4 is 0 Å². The minimum absolute atomic E-state index is 0.132. The number of rotatable bonds is 4. The summed E-state index contributed by atoms with van der Waals surface area (Å²) < 4.78 is 29.8. The van der Waals surface area contributed by atoms with Crippen LogP contribution in [0.2, 0.25) is 0 Å². The monoisotopic (exact) mass is 282 g/mol. The zero-order chi connectivity index (χ0) is 14.2. The lowest BCUT2D eigenvalue weighted by Gasteiger charge is -2.05. The lowest BCUT2D eigenvalue weighted by molar-refractivity contribution is -0.142. The molecule has 0 N–H and O–H groups in total. The highest BCUT2D eigenvalue weighted by Crippen LogP contribution is 2.51. The van der Waals surface area contributed by atoms with Crippen molar-refractivity contribution in [1.29, 1.82) is 0 Å². The lowest BCUT2D eigenvalue weighted by atomic mass is 10.1. The van der Waals surface area contributed by atoms with E-state index < -0.39 is 27.0 Å². The Labute approximate surface area is 113 Å². The number of ether oxygens (including phenoxy) is 1. The van der Waals surface area contributed by atoms with E-state index in [0.717, 1.165) is 0 Å². The van der Waals surface area contributed by atoms with Gasteiger partial charge in [0, 0.05) is 0 Å². The molecule has 0 spiro atoms. The van der Waals surface area contributed by atoms with Crippen molar-refractivity contribution in [2.24, 2.45) is 17.8 Å². The third-order valence-electron chi connectivity index (χ3n) is 3.68. The van der Waals surface area contributed by atoms with Gasteiger partial charge < -0.3 is 4.74 Å². The number of benzene rings is 1. The number of hydrogen-bond donors (Lipinski definition) is 0. The Balaban J connectivity index is 2.34. The fraction of sp³-hybridized carbons (Fsp3) is 0.500. The van der Waals surface area contributed by atoms with E-state index in [0.29, 0.717) is 0 Å². The van der Waals surface area contributed by atoms with Gasteiger partial charge in [0.1, 0.15) is 0 Å². The van der Waals surface area contributed by atoms with E-state index in [2.05, 4.69) is 0 Å². The molecule has 0 aromatic heterocycles. The van der Waals surface area contributed by atoms with Gasteiger partial charge in [0.05, 0.1) is 23.2 Å². The summed E-state index contributed by atoms with van der Waals surface area (Å²) in [7, 11) is -2.17. The predicted octanol–water partition coefficient (Wildman–Crippen LogP) is 1.90. The van der Waals surface area contributed by atoms with Crippen LogP contribution in [0.25, 0.3) is 0 Å². The highest BCUT2D eigenvalue weighted by molar-refractivity contribution is 7.92. The van der Waals surface area contributed by atoms with Gasteiger partial charge in [-0.1, -0.05) is 32.0 Å². The third-order valence-corrected chi connectivity index (χ3v) is 5.93. The van der Waals surface area contributed by atoms with E-state index in [1.165, 1.54) is 7.11 Å². The Morgan fingerprint density at radius 1 is 1.21 bits per heavy atom. The van der Waals surface area contributed by atoms with Crippen molar-refractivity contribution in [1.82, 2.24) is 0 Å². The van der Waals surface area contributed by atoms with E-state index >= 15 is 0 Å². The summed E-state index contributed by atoms with van der Waals surface area (Å²) in [6.45, 7) is 3.86. The van der Waals surface area contributed by atoms with Gasteiger partial charge in [-0.25, -0.2) is 8.42 Å². The van der Waals surface area contributed by atoms with Crippen LogP contribution in [0.15, 0.2) is 35.2 Å². The summed E-state index contributed by atoms with van der Waals surface area (Å²) in [5.74, 6) is -0.983. The van der Waals surface area contributed by atoms with Crippen LogP contribution in [0, 0.1) is 17.8 Å². The molecule has 0 unspecified atom stereocenters. The van der Waals surface area contributed by atoms with Gasteiger partial charge >= 0.3 is 5.97 Å². The van der Waals surface area contributed by atoms with Crippen LogP contribution in [0.3, 0.4) is 0 Å². The summed E-state index contributed by atoms with van der Waals surface area (Å²) in [6.07, 6.45) is 0. The number of esters is 1. The third kappa shape index (κ3) is 2.39. The molecule has 1 fully saturated rings. The number of carbonyl (C=O) groups is 1.